The molecule has 2 N–H and O–H groups in total. The molecule has 0 radical (unpaired) electrons. The van der Waals surface area contributed by atoms with Crippen LogP contribution in [0.25, 0.3) is 11.3 Å². The molecule has 0 unspecified atom stereocenters. The second-order valence-electron chi connectivity index (χ2n) is 8.62. The number of halogens is 1. The normalized spacial score (nSPS) is 18.4. The van der Waals surface area contributed by atoms with Crippen molar-refractivity contribution in [2.24, 2.45) is 11.8 Å². The molecule has 0 amide bonds. The lowest BCUT2D eigenvalue weighted by Crippen LogP contribution is -2.39. The molecule has 0 bridgehead atoms. The van der Waals surface area contributed by atoms with Gasteiger partial charge in [-0.1, -0.05) is 25.4 Å². The fraction of sp³-hybridized carbons (Fsp3) is 0.375. The van der Waals surface area contributed by atoms with Crippen molar-refractivity contribution in [2.45, 2.75) is 33.7 Å². The molecule has 0 spiro atoms. The topological polar surface area (TPSA) is 66.2 Å². The highest BCUT2D eigenvalue weighted by molar-refractivity contribution is 7.80. The molecule has 1 aliphatic rings. The first kappa shape index (κ1) is 22.6. The lowest BCUT2D eigenvalue weighted by atomic mass is 9.92. The number of hydrogen-bond donors (Lipinski definition) is 2. The van der Waals surface area contributed by atoms with Gasteiger partial charge in [0.15, 0.2) is 5.11 Å². The van der Waals surface area contributed by atoms with E-state index >= 15 is 0 Å². The van der Waals surface area contributed by atoms with Crippen molar-refractivity contribution < 1.29 is 4.42 Å². The monoisotopic (exact) mass is 469 g/mol. The van der Waals surface area contributed by atoms with Crippen LogP contribution in [0.15, 0.2) is 46.9 Å². The maximum Gasteiger partial charge on any atom is 0.231 e. The molecule has 6 nitrogen and oxygen atoms in total. The number of anilines is 2. The zero-order valence-electron chi connectivity index (χ0n) is 18.6. The summed E-state index contributed by atoms with van der Waals surface area (Å²) in [6, 6.07) is 13.5. The van der Waals surface area contributed by atoms with Crippen LogP contribution in [0, 0.1) is 18.8 Å². The minimum atomic E-state index is 0.450. The standard InChI is InChI=1S/C24H28ClN5OS/c1-15-10-16(2)14-30(13-15)22-11-17(3)27-23(28-22)29-24(32)26-12-20-8-9-21(31-20)18-4-6-19(25)7-5-18/h4-9,11,15-16H,10,12-14H2,1-3H3,(H2,26,27,28,29,32)/t15-,16-/m1/s1. The molecule has 168 valence electrons. The zero-order chi connectivity index (χ0) is 22.7. The Morgan fingerprint density at radius 2 is 1.84 bits per heavy atom. The molecule has 1 aliphatic heterocycles. The van der Waals surface area contributed by atoms with Crippen LogP contribution in [0.4, 0.5) is 11.8 Å². The van der Waals surface area contributed by atoms with E-state index in [0.717, 1.165) is 41.7 Å². The number of nitrogens with zero attached hydrogens (tertiary/aromatic N) is 3. The maximum atomic E-state index is 5.96. The summed E-state index contributed by atoms with van der Waals surface area (Å²) in [6.45, 7) is 9.04. The van der Waals surface area contributed by atoms with Gasteiger partial charge in [0, 0.05) is 35.4 Å². The van der Waals surface area contributed by atoms with Gasteiger partial charge in [0.2, 0.25) is 5.95 Å². The van der Waals surface area contributed by atoms with Crippen LogP contribution in [0.3, 0.4) is 0 Å². The Bertz CT molecular complexity index is 1070. The fourth-order valence-corrected chi connectivity index (χ4v) is 4.46. The third kappa shape index (κ3) is 5.78. The Kier molecular flexibility index (Phi) is 6.96. The summed E-state index contributed by atoms with van der Waals surface area (Å²) < 4.78 is 5.92. The minimum absolute atomic E-state index is 0.450. The Morgan fingerprint density at radius 3 is 2.56 bits per heavy atom. The number of aromatic nitrogens is 2. The number of furan rings is 1. The van der Waals surface area contributed by atoms with E-state index in [4.69, 9.17) is 33.2 Å². The SMILES string of the molecule is Cc1cc(N2C[C@H](C)C[C@@H](C)C2)nc(NC(=S)NCc2ccc(-c3ccc(Cl)cc3)o2)n1. The lowest BCUT2D eigenvalue weighted by Gasteiger charge is -2.36. The molecule has 32 heavy (non-hydrogen) atoms. The van der Waals surface area contributed by atoms with Gasteiger partial charge in [-0.3, -0.25) is 0 Å². The van der Waals surface area contributed by atoms with E-state index in [1.54, 1.807) is 0 Å². The average molecular weight is 470 g/mol. The van der Waals surface area contributed by atoms with Crippen LogP contribution in [0.2, 0.25) is 5.02 Å². The third-order valence-electron chi connectivity index (χ3n) is 5.47. The van der Waals surface area contributed by atoms with Gasteiger partial charge < -0.3 is 20.0 Å². The predicted octanol–water partition coefficient (Wildman–Crippen LogP) is 5.67. The number of benzene rings is 1. The maximum absolute atomic E-state index is 5.96. The summed E-state index contributed by atoms with van der Waals surface area (Å²) in [5.41, 5.74) is 1.88. The Hall–Kier alpha value is -2.64. The first-order chi connectivity index (χ1) is 15.4. The van der Waals surface area contributed by atoms with Crippen LogP contribution in [-0.4, -0.2) is 28.2 Å². The molecule has 1 aromatic carbocycles. The van der Waals surface area contributed by atoms with Crippen molar-refractivity contribution in [1.82, 2.24) is 15.3 Å². The summed E-state index contributed by atoms with van der Waals surface area (Å²) in [5, 5.41) is 7.43. The van der Waals surface area contributed by atoms with Gasteiger partial charge in [-0.05, 0) is 73.8 Å². The number of nitrogens with one attached hydrogen (secondary N) is 2. The molecular formula is C24H28ClN5OS. The van der Waals surface area contributed by atoms with E-state index in [-0.39, 0.29) is 0 Å². The second-order valence-corrected chi connectivity index (χ2v) is 9.47. The van der Waals surface area contributed by atoms with Gasteiger partial charge in [0.25, 0.3) is 0 Å². The Balaban J connectivity index is 1.36. The molecule has 0 saturated carbocycles. The largest absolute Gasteiger partial charge is 0.459 e. The minimum Gasteiger partial charge on any atom is -0.459 e. The average Bonchev–Trinajstić information content (AvgIpc) is 3.21. The van der Waals surface area contributed by atoms with Gasteiger partial charge in [-0.15, -0.1) is 0 Å². The van der Waals surface area contributed by atoms with Gasteiger partial charge in [0.1, 0.15) is 17.3 Å². The summed E-state index contributed by atoms with van der Waals surface area (Å²) in [7, 11) is 0. The first-order valence-electron chi connectivity index (χ1n) is 10.9. The van der Waals surface area contributed by atoms with Gasteiger partial charge in [-0.25, -0.2) is 4.98 Å². The Morgan fingerprint density at radius 1 is 1.12 bits per heavy atom. The quantitative estimate of drug-likeness (QED) is 0.467. The molecule has 2 atom stereocenters. The van der Waals surface area contributed by atoms with E-state index in [2.05, 4.69) is 34.4 Å². The van der Waals surface area contributed by atoms with E-state index in [0.29, 0.717) is 34.5 Å². The van der Waals surface area contributed by atoms with Crippen molar-refractivity contribution in [3.05, 3.63) is 58.9 Å². The molecule has 4 rings (SSSR count). The smallest absolute Gasteiger partial charge is 0.231 e. The molecule has 3 heterocycles. The van der Waals surface area contributed by atoms with Gasteiger partial charge in [-0.2, -0.15) is 4.98 Å². The highest BCUT2D eigenvalue weighted by Gasteiger charge is 2.23. The first-order valence-corrected chi connectivity index (χ1v) is 11.6. The van der Waals surface area contributed by atoms with Crippen LogP contribution >= 0.6 is 23.8 Å². The number of hydrogen-bond acceptors (Lipinski definition) is 5. The van der Waals surface area contributed by atoms with Crippen LogP contribution in [0.1, 0.15) is 31.7 Å². The van der Waals surface area contributed by atoms with Gasteiger partial charge in [0.05, 0.1) is 6.54 Å². The number of aryl methyl sites for hydroxylation is 1. The van der Waals surface area contributed by atoms with Crippen LogP contribution < -0.4 is 15.5 Å². The molecule has 2 aromatic heterocycles. The molecule has 8 heteroatoms. The molecule has 0 aliphatic carbocycles. The second kappa shape index (κ2) is 9.88. The van der Waals surface area contributed by atoms with Gasteiger partial charge >= 0.3 is 0 Å². The summed E-state index contributed by atoms with van der Waals surface area (Å²) in [5.74, 6) is 4.32. The lowest BCUT2D eigenvalue weighted by molar-refractivity contribution is 0.355. The third-order valence-corrected chi connectivity index (χ3v) is 5.97. The summed E-state index contributed by atoms with van der Waals surface area (Å²) in [6.07, 6.45) is 1.26. The molecule has 3 aromatic rings. The van der Waals surface area contributed by atoms with Crippen LogP contribution in [0.5, 0.6) is 0 Å². The number of thiocarbonyl (C=S) groups is 1. The number of piperidine rings is 1. The zero-order valence-corrected chi connectivity index (χ0v) is 20.1. The fourth-order valence-electron chi connectivity index (χ4n) is 4.18. The highest BCUT2D eigenvalue weighted by atomic mass is 35.5. The Labute approximate surface area is 199 Å². The van der Waals surface area contributed by atoms with E-state index in [1.165, 1.54) is 6.42 Å². The van der Waals surface area contributed by atoms with Crippen molar-refractivity contribution in [1.29, 1.82) is 0 Å². The van der Waals surface area contributed by atoms with E-state index in [1.807, 2.05) is 49.4 Å². The van der Waals surface area contributed by atoms with Crippen molar-refractivity contribution in [3.63, 3.8) is 0 Å². The molecular weight excluding hydrogens is 442 g/mol. The molecule has 1 saturated heterocycles. The van der Waals surface area contributed by atoms with Crippen molar-refractivity contribution in [2.75, 3.05) is 23.3 Å². The van der Waals surface area contributed by atoms with Crippen molar-refractivity contribution in [3.8, 4) is 11.3 Å². The number of rotatable bonds is 5. The van der Waals surface area contributed by atoms with E-state index in [9.17, 15) is 0 Å². The van der Waals surface area contributed by atoms with Crippen molar-refractivity contribution >= 4 is 40.7 Å². The molecule has 1 fully saturated rings. The summed E-state index contributed by atoms with van der Waals surface area (Å²) in [4.78, 5) is 11.6. The van der Waals surface area contributed by atoms with Crippen LogP contribution in [-0.2, 0) is 6.54 Å². The highest BCUT2D eigenvalue weighted by Crippen LogP contribution is 2.26. The summed E-state index contributed by atoms with van der Waals surface area (Å²) >= 11 is 11.4. The predicted molar refractivity (Wildman–Crippen MR) is 134 cm³/mol. The van der Waals surface area contributed by atoms with E-state index < -0.39 is 0 Å².